The van der Waals surface area contributed by atoms with Crippen LogP contribution in [0.15, 0.2) is 158 Å². The second-order valence-electron chi connectivity index (χ2n) is 19.3. The van der Waals surface area contributed by atoms with Crippen LogP contribution in [0, 0.1) is 11.8 Å². The molecule has 8 aromatic rings. The Balaban J connectivity index is 1.09. The maximum atomic E-state index is 16.0. The first kappa shape index (κ1) is 29.6. The molecule has 0 spiro atoms. The highest BCUT2D eigenvalue weighted by atomic mass is 16.5. The van der Waals surface area contributed by atoms with Gasteiger partial charge in [-0.2, -0.15) is 0 Å². The van der Waals surface area contributed by atoms with Crippen molar-refractivity contribution in [2.45, 2.75) is 83.7 Å². The number of carbonyl (C=O) groups excluding carboxylic acids is 1. The molecule has 0 radical (unpaired) electrons. The molecule has 3 aliphatic rings. The van der Waals surface area contributed by atoms with Gasteiger partial charge < -0.3 is 4.74 Å². The molecule has 4 unspecified atom stereocenters. The van der Waals surface area contributed by atoms with Crippen LogP contribution in [0.3, 0.4) is 0 Å². The summed E-state index contributed by atoms with van der Waals surface area (Å²) in [4.78, 5) is 24.4. The molecule has 3 heterocycles. The van der Waals surface area contributed by atoms with Crippen LogP contribution in [0.5, 0.6) is 11.5 Å². The minimum Gasteiger partial charge on any atom is -0.457 e. The van der Waals surface area contributed by atoms with Gasteiger partial charge in [0.05, 0.1) is 42.5 Å². The first-order valence-corrected chi connectivity index (χ1v) is 21.8. The first-order chi connectivity index (χ1) is 34.6. The summed E-state index contributed by atoms with van der Waals surface area (Å²) in [6, 6.07) is 22.4. The third-order valence-corrected chi connectivity index (χ3v) is 13.4. The monoisotopic (exact) mass is 836 g/mol. The summed E-state index contributed by atoms with van der Waals surface area (Å²) in [6.07, 6.45) is 4.34. The van der Waals surface area contributed by atoms with Crippen molar-refractivity contribution in [2.75, 3.05) is 9.80 Å². The molecule has 2 aliphatic carbocycles. The largest absolute Gasteiger partial charge is 0.457 e. The van der Waals surface area contributed by atoms with Gasteiger partial charge in [-0.05, 0) is 107 Å². The molecular formula is C57H54N4O2. The van der Waals surface area contributed by atoms with Crippen molar-refractivity contribution >= 4 is 39.2 Å². The van der Waals surface area contributed by atoms with Gasteiger partial charge in [-0.25, -0.2) is 9.78 Å². The van der Waals surface area contributed by atoms with E-state index in [2.05, 4.69) is 70.4 Å². The zero-order valence-corrected chi connectivity index (χ0v) is 36.3. The van der Waals surface area contributed by atoms with Gasteiger partial charge in [0.2, 0.25) is 0 Å². The van der Waals surface area contributed by atoms with Crippen molar-refractivity contribution in [3.05, 3.63) is 169 Å². The van der Waals surface area contributed by atoms with Crippen molar-refractivity contribution in [2.24, 2.45) is 11.8 Å². The van der Waals surface area contributed by atoms with Gasteiger partial charge in [-0.3, -0.25) is 14.4 Å². The first-order valence-electron chi connectivity index (χ1n) is 26.8. The van der Waals surface area contributed by atoms with E-state index >= 15 is 4.79 Å². The summed E-state index contributed by atoms with van der Waals surface area (Å²) in [5.74, 6) is 1.95. The summed E-state index contributed by atoms with van der Waals surface area (Å²) in [5.41, 5.74) is 4.04. The van der Waals surface area contributed by atoms with Crippen LogP contribution in [0.1, 0.15) is 85.6 Å². The molecule has 4 atom stereocenters. The maximum Gasteiger partial charge on any atom is 0.329 e. The third-order valence-electron chi connectivity index (χ3n) is 13.4. The Morgan fingerprint density at radius 1 is 0.619 bits per heavy atom. The van der Waals surface area contributed by atoms with Crippen LogP contribution in [0.25, 0.3) is 49.9 Å². The topological polar surface area (TPSA) is 50.6 Å². The van der Waals surface area contributed by atoms with E-state index in [-0.39, 0.29) is 51.2 Å². The number of ether oxygens (including phenoxy) is 1. The molecular weight excluding hydrogens is 773 g/mol. The Morgan fingerprint density at radius 2 is 1.25 bits per heavy atom. The van der Waals surface area contributed by atoms with Crippen LogP contribution in [0.4, 0.5) is 16.2 Å². The van der Waals surface area contributed by atoms with Gasteiger partial charge >= 0.3 is 6.03 Å². The van der Waals surface area contributed by atoms with Gasteiger partial charge in [0.25, 0.3) is 0 Å². The van der Waals surface area contributed by atoms with Crippen LogP contribution in [-0.4, -0.2) is 27.7 Å². The van der Waals surface area contributed by atoms with Crippen molar-refractivity contribution in [1.82, 2.24) is 9.55 Å². The maximum absolute atomic E-state index is 16.0. The number of pyridine rings is 1. The number of nitrogens with zero attached hydrogens (tertiary/aromatic N) is 4. The molecule has 11 rings (SSSR count). The molecule has 63 heavy (non-hydrogen) atoms. The molecule has 2 amide bonds. The lowest BCUT2D eigenvalue weighted by Crippen LogP contribution is -2.42. The van der Waals surface area contributed by atoms with Crippen LogP contribution in [0.2, 0.25) is 0 Å². The molecule has 314 valence electrons. The second-order valence-corrected chi connectivity index (χ2v) is 19.3. The molecule has 2 aromatic heterocycles. The van der Waals surface area contributed by atoms with Crippen LogP contribution < -0.4 is 14.5 Å². The molecule has 0 N–H and O–H groups in total. The van der Waals surface area contributed by atoms with Crippen molar-refractivity contribution in [1.29, 1.82) is 0 Å². The predicted molar refractivity (Wildman–Crippen MR) is 259 cm³/mol. The van der Waals surface area contributed by atoms with Gasteiger partial charge in [0.15, 0.2) is 0 Å². The highest BCUT2D eigenvalue weighted by Gasteiger charge is 2.61. The van der Waals surface area contributed by atoms with E-state index in [0.717, 1.165) is 58.0 Å². The van der Waals surface area contributed by atoms with Crippen LogP contribution >= 0.6 is 0 Å². The lowest BCUT2D eigenvalue weighted by molar-refractivity contribution is 0.253. The Kier molecular flexibility index (Phi) is 6.92. The SMILES string of the molecule is [2H]c1c([2H])c([2H])c(-c2cccc(-c3c([2H])c([2H])c([2H])c([2H])c3[2H])c2N2C(=O)N(c3cc(Oc4ccc5c6ccccc6n(-c6cc(C(C)(C)C)ccn6)c5c4)cc(C(C)(C)C)c3)C3C4CCC(C4)C32)c([2H])c1[2H]. The second kappa shape index (κ2) is 14.7. The van der Waals surface area contributed by atoms with Gasteiger partial charge in [0, 0.05) is 45.9 Å². The van der Waals surface area contributed by atoms with E-state index in [1.54, 1.807) is 23.1 Å². The number of para-hydroxylation sites is 2. The van der Waals surface area contributed by atoms with E-state index in [9.17, 15) is 0 Å². The smallest absolute Gasteiger partial charge is 0.329 e. The number of aromatic nitrogens is 2. The lowest BCUT2D eigenvalue weighted by atomic mass is 9.86. The van der Waals surface area contributed by atoms with Crippen LogP contribution in [-0.2, 0) is 10.8 Å². The fourth-order valence-corrected chi connectivity index (χ4v) is 10.5. The third kappa shape index (κ3) is 6.61. The Bertz CT molecular complexity index is 3510. The Hall–Kier alpha value is -6.66. The van der Waals surface area contributed by atoms with E-state index in [1.165, 1.54) is 0 Å². The molecule has 6 heteroatoms. The highest BCUT2D eigenvalue weighted by molar-refractivity contribution is 6.13. The summed E-state index contributed by atoms with van der Waals surface area (Å²) in [7, 11) is 0. The Labute approximate surface area is 384 Å². The quantitative estimate of drug-likeness (QED) is 0.161. The minimum atomic E-state index is -0.583. The number of hydrogen-bond acceptors (Lipinski definition) is 3. The number of urea groups is 1. The van der Waals surface area contributed by atoms with Gasteiger partial charge in [0.1, 0.15) is 17.3 Å². The predicted octanol–water partition coefficient (Wildman–Crippen LogP) is 14.5. The summed E-state index contributed by atoms with van der Waals surface area (Å²) in [5, 5.41) is 2.11. The standard InChI is InChI=1S/C57H54N4O2/c1-56(2,3)40-28-29-58-51(33-40)60-49-23-14-13-20-47(49)48-27-26-43(35-50(48)60)63-44-32-41(57(4,5)6)31-42(34-44)59-52-38-24-25-39(30-38)53(52)61(55(59)62)54-45(36-16-9-7-10-17-36)21-15-22-46(54)37-18-11-8-12-19-37/h7-23,26-29,31-35,38-39,52-53H,24-25,30H2,1-6H3/i7D,8D,9D,10D,11D,12D,16D,17D,18D,19D. The fraction of sp³-hybridized carbons (Fsp3) is 0.263. The lowest BCUT2D eigenvalue weighted by Gasteiger charge is -2.33. The van der Waals surface area contributed by atoms with Crippen molar-refractivity contribution in [3.8, 4) is 39.6 Å². The Morgan fingerprint density at radius 3 is 1.92 bits per heavy atom. The van der Waals surface area contributed by atoms with E-state index in [0.29, 0.717) is 17.2 Å². The number of hydrogen-bond donors (Lipinski definition) is 0. The summed E-state index contributed by atoms with van der Waals surface area (Å²) in [6.45, 7) is 12.8. The summed E-state index contributed by atoms with van der Waals surface area (Å²) >= 11 is 0. The normalized spacial score (nSPS) is 21.9. The number of fused-ring (bicyclic) bond motifs is 8. The summed E-state index contributed by atoms with van der Waals surface area (Å²) < 4.78 is 97.2. The zero-order valence-electron chi connectivity index (χ0n) is 46.3. The van der Waals surface area contributed by atoms with E-state index in [4.69, 9.17) is 23.4 Å². The van der Waals surface area contributed by atoms with Crippen molar-refractivity contribution < 1.29 is 23.2 Å². The number of amides is 2. The molecule has 6 aromatic carbocycles. The molecule has 1 saturated heterocycles. The van der Waals surface area contributed by atoms with Crippen molar-refractivity contribution in [3.63, 3.8) is 0 Å². The van der Waals surface area contributed by atoms with Gasteiger partial charge in [-0.1, -0.05) is 138 Å². The van der Waals surface area contributed by atoms with Gasteiger partial charge in [-0.15, -0.1) is 0 Å². The number of carbonyl (C=O) groups is 1. The molecule has 1 aliphatic heterocycles. The molecule has 2 bridgehead atoms. The molecule has 6 nitrogen and oxygen atoms in total. The fourth-order valence-electron chi connectivity index (χ4n) is 10.5. The highest BCUT2D eigenvalue weighted by Crippen LogP contribution is 2.56. The average molecular weight is 837 g/mol. The van der Waals surface area contributed by atoms with E-state index in [1.807, 2.05) is 59.6 Å². The average Bonchev–Trinajstić information content (AvgIpc) is 4.13. The van der Waals surface area contributed by atoms with E-state index < -0.39 is 77.9 Å². The number of anilines is 2. The minimum absolute atomic E-state index is 0.00325. The number of rotatable bonds is 7. The zero-order chi connectivity index (χ0) is 51.9. The molecule has 2 saturated carbocycles. The number of benzene rings is 6. The molecule has 3 fully saturated rings.